The van der Waals surface area contributed by atoms with Crippen LogP contribution < -0.4 is 10.9 Å². The van der Waals surface area contributed by atoms with Crippen LogP contribution in [0.2, 0.25) is 0 Å². The molecule has 1 saturated carbocycles. The molecular weight excluding hydrogens is 350 g/mol. The highest BCUT2D eigenvalue weighted by Gasteiger charge is 2.21. The number of ether oxygens (including phenoxy) is 1. The highest BCUT2D eigenvalue weighted by molar-refractivity contribution is 7.18. The first-order chi connectivity index (χ1) is 12.5. The maximum absolute atomic E-state index is 12.6. The van der Waals surface area contributed by atoms with Gasteiger partial charge in [0.2, 0.25) is 5.91 Å². The molecule has 0 radical (unpaired) electrons. The minimum Gasteiger partial charge on any atom is -0.376 e. The number of nitrogens with one attached hydrogen (secondary N) is 1. The van der Waals surface area contributed by atoms with Crippen LogP contribution in [0.25, 0.3) is 10.2 Å². The summed E-state index contributed by atoms with van der Waals surface area (Å²) < 4.78 is 7.28. The van der Waals surface area contributed by atoms with Crippen molar-refractivity contribution in [1.29, 1.82) is 0 Å². The topological polar surface area (TPSA) is 73.2 Å². The maximum Gasteiger partial charge on any atom is 0.262 e. The summed E-state index contributed by atoms with van der Waals surface area (Å²) in [6.45, 7) is 7.08. The molecule has 2 atom stereocenters. The Bertz CT molecular complexity index is 842. The van der Waals surface area contributed by atoms with Crippen molar-refractivity contribution in [2.75, 3.05) is 13.2 Å². The fraction of sp³-hybridized carbons (Fsp3) is 0.632. The molecule has 1 aliphatic carbocycles. The predicted octanol–water partition coefficient (Wildman–Crippen LogP) is 2.79. The average molecular weight is 378 g/mol. The van der Waals surface area contributed by atoms with Gasteiger partial charge in [-0.25, -0.2) is 4.98 Å². The summed E-state index contributed by atoms with van der Waals surface area (Å²) in [6.07, 6.45) is 6.60. The summed E-state index contributed by atoms with van der Waals surface area (Å²) in [4.78, 5) is 30.9. The Labute approximate surface area is 157 Å². The molecule has 26 heavy (non-hydrogen) atoms. The number of amides is 1. The number of hydrogen-bond acceptors (Lipinski definition) is 5. The molecule has 7 heteroatoms. The lowest BCUT2D eigenvalue weighted by molar-refractivity contribution is -0.122. The number of fused-ring (bicyclic) bond motifs is 1. The van der Waals surface area contributed by atoms with Gasteiger partial charge in [0.05, 0.1) is 24.4 Å². The van der Waals surface area contributed by atoms with Crippen molar-refractivity contribution >= 4 is 27.5 Å². The average Bonchev–Trinajstić information content (AvgIpc) is 2.91. The molecule has 1 N–H and O–H groups in total. The van der Waals surface area contributed by atoms with Crippen molar-refractivity contribution in [1.82, 2.24) is 14.9 Å². The molecule has 0 spiro atoms. The summed E-state index contributed by atoms with van der Waals surface area (Å²) in [5.41, 5.74) is 0.798. The first kappa shape index (κ1) is 19.0. The smallest absolute Gasteiger partial charge is 0.262 e. The van der Waals surface area contributed by atoms with Crippen LogP contribution in [0.1, 0.15) is 43.0 Å². The van der Waals surface area contributed by atoms with Gasteiger partial charge in [0, 0.05) is 11.4 Å². The van der Waals surface area contributed by atoms with Gasteiger partial charge in [0.15, 0.2) is 0 Å². The molecular formula is C19H27N3O3S. The van der Waals surface area contributed by atoms with Crippen LogP contribution >= 0.6 is 11.3 Å². The summed E-state index contributed by atoms with van der Waals surface area (Å²) in [5.74, 6) is 0.395. The van der Waals surface area contributed by atoms with E-state index in [4.69, 9.17) is 4.74 Å². The highest BCUT2D eigenvalue weighted by atomic mass is 32.1. The number of carbonyl (C=O) groups excluding carboxylic acids is 1. The Balaban J connectivity index is 1.52. The van der Waals surface area contributed by atoms with Crippen LogP contribution in [0.4, 0.5) is 0 Å². The van der Waals surface area contributed by atoms with Gasteiger partial charge in [-0.3, -0.25) is 14.2 Å². The fourth-order valence-electron chi connectivity index (χ4n) is 3.52. The maximum atomic E-state index is 12.6. The standard InChI is InChI=1S/C19H27N3O3S/c1-12-6-4-5-7-15(12)25-9-8-20-16(23)10-22-11-21-18-17(19(22)24)13(2)14(3)26-18/h11-12,15H,4-10H2,1-3H3,(H,20,23). The van der Waals surface area contributed by atoms with Crippen molar-refractivity contribution in [3.63, 3.8) is 0 Å². The van der Waals surface area contributed by atoms with Gasteiger partial charge in [-0.05, 0) is 38.2 Å². The molecule has 2 unspecified atom stereocenters. The van der Waals surface area contributed by atoms with E-state index in [0.717, 1.165) is 21.7 Å². The van der Waals surface area contributed by atoms with Crippen LogP contribution in [0.3, 0.4) is 0 Å². The van der Waals surface area contributed by atoms with Crippen molar-refractivity contribution < 1.29 is 9.53 Å². The number of thiophene rings is 1. The van der Waals surface area contributed by atoms with Gasteiger partial charge in [-0.15, -0.1) is 11.3 Å². The molecule has 1 amide bonds. The lowest BCUT2D eigenvalue weighted by Gasteiger charge is -2.28. The molecule has 2 aromatic heterocycles. The zero-order chi connectivity index (χ0) is 18.7. The van der Waals surface area contributed by atoms with Gasteiger partial charge < -0.3 is 10.1 Å². The molecule has 2 aromatic rings. The minimum absolute atomic E-state index is 0.0179. The van der Waals surface area contributed by atoms with Crippen molar-refractivity contribution in [3.8, 4) is 0 Å². The fourth-order valence-corrected chi connectivity index (χ4v) is 4.51. The van der Waals surface area contributed by atoms with Crippen LogP contribution in [-0.2, 0) is 16.1 Å². The highest BCUT2D eigenvalue weighted by Crippen LogP contribution is 2.26. The van der Waals surface area contributed by atoms with Gasteiger partial charge in [-0.1, -0.05) is 19.8 Å². The summed E-state index contributed by atoms with van der Waals surface area (Å²) in [7, 11) is 0. The third-order valence-corrected chi connectivity index (χ3v) is 6.37. The van der Waals surface area contributed by atoms with Gasteiger partial charge in [0.25, 0.3) is 5.56 Å². The van der Waals surface area contributed by atoms with E-state index in [1.807, 2.05) is 13.8 Å². The van der Waals surface area contributed by atoms with Crippen molar-refractivity contribution in [3.05, 3.63) is 27.1 Å². The molecule has 3 rings (SSSR count). The van der Waals surface area contributed by atoms with E-state index in [2.05, 4.69) is 17.2 Å². The number of nitrogens with zero attached hydrogens (tertiary/aromatic N) is 2. The largest absolute Gasteiger partial charge is 0.376 e. The second-order valence-corrected chi connectivity index (χ2v) is 8.37. The zero-order valence-corrected chi connectivity index (χ0v) is 16.5. The van der Waals surface area contributed by atoms with Gasteiger partial charge in [0.1, 0.15) is 11.4 Å². The molecule has 0 aromatic carbocycles. The summed E-state index contributed by atoms with van der Waals surface area (Å²) in [5, 5.41) is 3.45. The number of aromatic nitrogens is 2. The third-order valence-electron chi connectivity index (χ3n) is 5.26. The Kier molecular flexibility index (Phi) is 6.09. The van der Waals surface area contributed by atoms with Gasteiger partial charge >= 0.3 is 0 Å². The second-order valence-electron chi connectivity index (χ2n) is 7.16. The van der Waals surface area contributed by atoms with E-state index in [9.17, 15) is 9.59 Å². The minimum atomic E-state index is -0.196. The molecule has 0 bridgehead atoms. The molecule has 1 fully saturated rings. The first-order valence-electron chi connectivity index (χ1n) is 9.31. The van der Waals surface area contributed by atoms with E-state index in [0.29, 0.717) is 30.6 Å². The second kappa shape index (κ2) is 8.31. The first-order valence-corrected chi connectivity index (χ1v) is 10.1. The van der Waals surface area contributed by atoms with E-state index in [1.165, 1.54) is 41.5 Å². The third kappa shape index (κ3) is 4.15. The molecule has 2 heterocycles. The number of hydrogen-bond donors (Lipinski definition) is 1. The monoisotopic (exact) mass is 377 g/mol. The zero-order valence-electron chi connectivity index (χ0n) is 15.7. The van der Waals surface area contributed by atoms with E-state index < -0.39 is 0 Å². The number of aryl methyl sites for hydroxylation is 2. The Morgan fingerprint density at radius 2 is 2.15 bits per heavy atom. The SMILES string of the molecule is Cc1sc2ncn(CC(=O)NCCOC3CCCCC3C)c(=O)c2c1C. The van der Waals surface area contributed by atoms with E-state index in [1.54, 1.807) is 0 Å². The van der Waals surface area contributed by atoms with Crippen LogP contribution in [-0.4, -0.2) is 34.7 Å². The normalized spacial score (nSPS) is 20.4. The van der Waals surface area contributed by atoms with Crippen molar-refractivity contribution in [2.24, 2.45) is 5.92 Å². The molecule has 6 nitrogen and oxygen atoms in total. The van der Waals surface area contributed by atoms with E-state index in [-0.39, 0.29) is 18.0 Å². The Morgan fingerprint density at radius 3 is 2.92 bits per heavy atom. The Hall–Kier alpha value is -1.73. The lowest BCUT2D eigenvalue weighted by atomic mass is 9.88. The van der Waals surface area contributed by atoms with Crippen molar-refractivity contribution in [2.45, 2.75) is 59.1 Å². The molecule has 142 valence electrons. The molecule has 0 aliphatic heterocycles. The van der Waals surface area contributed by atoms with Gasteiger partial charge in [-0.2, -0.15) is 0 Å². The lowest BCUT2D eigenvalue weighted by Crippen LogP contribution is -2.35. The molecule has 0 saturated heterocycles. The molecule has 1 aliphatic rings. The van der Waals surface area contributed by atoms with Crippen LogP contribution in [0, 0.1) is 19.8 Å². The van der Waals surface area contributed by atoms with Crippen LogP contribution in [0.5, 0.6) is 0 Å². The van der Waals surface area contributed by atoms with E-state index >= 15 is 0 Å². The predicted molar refractivity (Wildman–Crippen MR) is 104 cm³/mol. The quantitative estimate of drug-likeness (QED) is 0.786. The summed E-state index contributed by atoms with van der Waals surface area (Å²) >= 11 is 1.51. The number of carbonyl (C=O) groups is 1. The number of rotatable bonds is 6. The van der Waals surface area contributed by atoms with Crippen LogP contribution in [0.15, 0.2) is 11.1 Å². The Morgan fingerprint density at radius 1 is 1.38 bits per heavy atom. The summed E-state index contributed by atoms with van der Waals surface area (Å²) in [6, 6.07) is 0.